The van der Waals surface area contributed by atoms with Gasteiger partial charge in [0.1, 0.15) is 12.2 Å². The van der Waals surface area contributed by atoms with Gasteiger partial charge in [-0.25, -0.2) is 0 Å². The molecule has 0 spiro atoms. The maximum absolute atomic E-state index is 5.99. The summed E-state index contributed by atoms with van der Waals surface area (Å²) in [5, 5.41) is 0. The second-order valence-corrected chi connectivity index (χ2v) is 8.03. The lowest BCUT2D eigenvalue weighted by Gasteiger charge is -2.35. The summed E-state index contributed by atoms with van der Waals surface area (Å²) < 4.78 is 45.2. The average molecular weight is 388 g/mol. The molecule has 0 radical (unpaired) electrons. The van der Waals surface area contributed by atoms with Crippen molar-refractivity contribution in [1.82, 2.24) is 0 Å². The van der Waals surface area contributed by atoms with Crippen LogP contribution in [0.15, 0.2) is 0 Å². The molecule has 4 aliphatic heterocycles. The molecular formula is C19H32O8. The van der Waals surface area contributed by atoms with E-state index in [9.17, 15) is 0 Å². The van der Waals surface area contributed by atoms with Crippen LogP contribution in [0.25, 0.3) is 0 Å². The minimum atomic E-state index is -0.364. The molecule has 0 saturated carbocycles. The molecular weight excluding hydrogens is 356 g/mol. The highest BCUT2D eigenvalue weighted by Gasteiger charge is 2.36. The Morgan fingerprint density at radius 1 is 0.556 bits per heavy atom. The van der Waals surface area contributed by atoms with Crippen LogP contribution >= 0.6 is 0 Å². The lowest BCUT2D eigenvalue weighted by Crippen LogP contribution is -2.44. The molecule has 156 valence electrons. The molecule has 4 atom stereocenters. The zero-order chi connectivity index (χ0) is 18.4. The van der Waals surface area contributed by atoms with Crippen LogP contribution in [0.3, 0.4) is 0 Å². The molecule has 0 aromatic rings. The van der Waals surface area contributed by atoms with Crippen LogP contribution in [-0.4, -0.2) is 104 Å². The zero-order valence-electron chi connectivity index (χ0n) is 16.0. The van der Waals surface area contributed by atoms with Crippen LogP contribution in [0.5, 0.6) is 0 Å². The number of rotatable bonds is 16. The molecule has 4 fully saturated rings. The Morgan fingerprint density at radius 2 is 0.889 bits per heavy atom. The van der Waals surface area contributed by atoms with Crippen molar-refractivity contribution < 1.29 is 37.9 Å². The van der Waals surface area contributed by atoms with Gasteiger partial charge in [0.05, 0.1) is 83.7 Å². The van der Waals surface area contributed by atoms with E-state index in [0.717, 1.165) is 39.3 Å². The normalized spacial score (nSPS) is 33.8. The first-order valence-electron chi connectivity index (χ1n) is 10.1. The predicted octanol–water partition coefficient (Wildman–Crippen LogP) is 0.415. The number of hydrogen-bond acceptors (Lipinski definition) is 8. The minimum Gasteiger partial charge on any atom is -0.378 e. The molecule has 0 aromatic heterocycles. The maximum Gasteiger partial charge on any atom is 0.104 e. The molecule has 4 heterocycles. The highest BCUT2D eigenvalue weighted by molar-refractivity contribution is 4.82. The molecule has 0 bridgehead atoms. The fraction of sp³-hybridized carbons (Fsp3) is 1.00. The van der Waals surface area contributed by atoms with Crippen LogP contribution < -0.4 is 0 Å². The lowest BCUT2D eigenvalue weighted by molar-refractivity contribution is -0.152. The van der Waals surface area contributed by atoms with Crippen LogP contribution in [0.2, 0.25) is 0 Å². The monoisotopic (exact) mass is 388 g/mol. The molecule has 0 aromatic carbocycles. The van der Waals surface area contributed by atoms with Crippen molar-refractivity contribution in [2.45, 2.75) is 37.3 Å². The van der Waals surface area contributed by atoms with Gasteiger partial charge in [-0.15, -0.1) is 0 Å². The van der Waals surface area contributed by atoms with E-state index in [2.05, 4.69) is 0 Å². The lowest BCUT2D eigenvalue weighted by atomic mass is 9.92. The molecule has 4 aliphatic rings. The second kappa shape index (κ2) is 9.93. The van der Waals surface area contributed by atoms with Crippen molar-refractivity contribution in [3.8, 4) is 0 Å². The molecule has 0 N–H and O–H groups in total. The van der Waals surface area contributed by atoms with E-state index >= 15 is 0 Å². The van der Waals surface area contributed by atoms with E-state index in [0.29, 0.717) is 52.9 Å². The third-order valence-corrected chi connectivity index (χ3v) is 5.24. The molecule has 0 aliphatic carbocycles. The molecule has 27 heavy (non-hydrogen) atoms. The quantitative estimate of drug-likeness (QED) is 0.352. The Balaban J connectivity index is 1.27. The Bertz CT molecular complexity index is 391. The van der Waals surface area contributed by atoms with Crippen LogP contribution in [0, 0.1) is 5.41 Å². The average Bonchev–Trinajstić information content (AvgIpc) is 3.47. The zero-order valence-corrected chi connectivity index (χ0v) is 16.0. The first-order chi connectivity index (χ1) is 13.3. The molecule has 4 saturated heterocycles. The Morgan fingerprint density at radius 3 is 1.15 bits per heavy atom. The molecule has 0 amide bonds. The SMILES string of the molecule is C1CC(COCC(COCC2CCO2)(COCC2CO2)COCC2CO2)O1. The number of hydrogen-bond donors (Lipinski definition) is 0. The number of epoxide rings is 2. The van der Waals surface area contributed by atoms with Gasteiger partial charge in [0.2, 0.25) is 0 Å². The summed E-state index contributed by atoms with van der Waals surface area (Å²) in [7, 11) is 0. The Labute approximate surface area is 160 Å². The van der Waals surface area contributed by atoms with Crippen LogP contribution in [0.1, 0.15) is 12.8 Å². The van der Waals surface area contributed by atoms with Crippen molar-refractivity contribution in [2.75, 3.05) is 79.3 Å². The fourth-order valence-electron chi connectivity index (χ4n) is 3.04. The summed E-state index contributed by atoms with van der Waals surface area (Å²) in [5.74, 6) is 0. The molecule has 8 nitrogen and oxygen atoms in total. The second-order valence-electron chi connectivity index (χ2n) is 8.03. The van der Waals surface area contributed by atoms with Gasteiger partial charge in [-0.1, -0.05) is 0 Å². The van der Waals surface area contributed by atoms with Gasteiger partial charge < -0.3 is 37.9 Å². The highest BCUT2D eigenvalue weighted by Crippen LogP contribution is 2.24. The highest BCUT2D eigenvalue weighted by atomic mass is 16.6. The summed E-state index contributed by atoms with van der Waals surface area (Å²) in [4.78, 5) is 0. The third kappa shape index (κ3) is 6.90. The summed E-state index contributed by atoms with van der Waals surface area (Å²) >= 11 is 0. The fourth-order valence-corrected chi connectivity index (χ4v) is 3.04. The van der Waals surface area contributed by atoms with Crippen LogP contribution in [-0.2, 0) is 37.9 Å². The van der Waals surface area contributed by atoms with Gasteiger partial charge in [-0.3, -0.25) is 0 Å². The first-order valence-corrected chi connectivity index (χ1v) is 10.1. The molecule has 8 heteroatoms. The maximum atomic E-state index is 5.99. The Kier molecular flexibility index (Phi) is 7.35. The van der Waals surface area contributed by atoms with Gasteiger partial charge in [0.25, 0.3) is 0 Å². The summed E-state index contributed by atoms with van der Waals surface area (Å²) in [6.45, 7) is 7.68. The standard InChI is InChI=1S/C19H32O8/c1-3-24-15(1)5-20-11-19(13-22-7-17-9-26-17,14-23-8-18-10-27-18)12-21-6-16-2-4-25-16/h15-18H,1-14H2. The van der Waals surface area contributed by atoms with Gasteiger partial charge >= 0.3 is 0 Å². The largest absolute Gasteiger partial charge is 0.378 e. The van der Waals surface area contributed by atoms with E-state index in [1.807, 2.05) is 0 Å². The number of ether oxygens (including phenoxy) is 8. The predicted molar refractivity (Wildman–Crippen MR) is 93.9 cm³/mol. The minimum absolute atomic E-state index is 0.216. The summed E-state index contributed by atoms with van der Waals surface area (Å²) in [6, 6.07) is 0. The molecule has 4 rings (SSSR count). The van der Waals surface area contributed by atoms with Gasteiger partial charge in [-0.05, 0) is 12.8 Å². The van der Waals surface area contributed by atoms with Gasteiger partial charge in [0.15, 0.2) is 0 Å². The van der Waals surface area contributed by atoms with Crippen molar-refractivity contribution in [3.63, 3.8) is 0 Å². The van der Waals surface area contributed by atoms with Crippen LogP contribution in [0.4, 0.5) is 0 Å². The van der Waals surface area contributed by atoms with E-state index < -0.39 is 0 Å². The first kappa shape index (κ1) is 20.0. The molecule has 4 unspecified atom stereocenters. The van der Waals surface area contributed by atoms with E-state index in [-0.39, 0.29) is 29.8 Å². The van der Waals surface area contributed by atoms with Crippen molar-refractivity contribution in [3.05, 3.63) is 0 Å². The smallest absolute Gasteiger partial charge is 0.104 e. The third-order valence-electron chi connectivity index (χ3n) is 5.24. The van der Waals surface area contributed by atoms with Crippen molar-refractivity contribution >= 4 is 0 Å². The van der Waals surface area contributed by atoms with E-state index in [1.54, 1.807) is 0 Å². The Hall–Kier alpha value is -0.320. The van der Waals surface area contributed by atoms with Crippen molar-refractivity contribution in [1.29, 1.82) is 0 Å². The summed E-state index contributed by atoms with van der Waals surface area (Å²) in [5.41, 5.74) is -0.364. The van der Waals surface area contributed by atoms with Gasteiger partial charge in [0, 0.05) is 13.2 Å². The van der Waals surface area contributed by atoms with Gasteiger partial charge in [-0.2, -0.15) is 0 Å². The van der Waals surface area contributed by atoms with E-state index in [4.69, 9.17) is 37.9 Å². The topological polar surface area (TPSA) is 80.4 Å². The van der Waals surface area contributed by atoms with Crippen molar-refractivity contribution in [2.24, 2.45) is 5.41 Å². The summed E-state index contributed by atoms with van der Waals surface area (Å²) in [6.07, 6.45) is 3.03. The van der Waals surface area contributed by atoms with E-state index in [1.165, 1.54) is 0 Å².